The number of methoxy groups -OCH3 is 2. The summed E-state index contributed by atoms with van der Waals surface area (Å²) in [5.74, 6) is 1.12. The molecule has 0 unspecified atom stereocenters. The molecule has 6 rings (SSSR count). The number of nitrogens with zero attached hydrogens (tertiary/aromatic N) is 1. The van der Waals surface area contributed by atoms with Crippen molar-refractivity contribution in [1.82, 2.24) is 0 Å². The molecule has 0 saturated carbocycles. The van der Waals surface area contributed by atoms with Crippen LogP contribution in [0.15, 0.2) is 66.7 Å². The topological polar surface area (TPSA) is 41.9 Å². The summed E-state index contributed by atoms with van der Waals surface area (Å²) in [6.45, 7) is 2.05. The largest absolute Gasteiger partial charge is 0.508 e. The number of fused-ring (bicyclic) bond motifs is 3. The van der Waals surface area contributed by atoms with Crippen LogP contribution in [-0.4, -0.2) is 38.7 Å². The average Bonchev–Trinajstić information content (AvgIpc) is 2.95. The Hall–Kier alpha value is -2.82. The number of phenols is 1. The molecule has 0 aromatic heterocycles. The smallest absolute Gasteiger partial charge is 0.159 e. The molecule has 1 fully saturated rings. The van der Waals surface area contributed by atoms with Crippen LogP contribution in [0.4, 0.5) is 5.69 Å². The highest BCUT2D eigenvalue weighted by Gasteiger charge is 2.47. The summed E-state index contributed by atoms with van der Waals surface area (Å²) in [5.41, 5.74) is 8.55. The van der Waals surface area contributed by atoms with Crippen LogP contribution in [-0.2, 0) is 27.7 Å². The molecule has 194 valence electrons. The van der Waals surface area contributed by atoms with Crippen LogP contribution in [0.5, 0.6) is 5.75 Å². The van der Waals surface area contributed by atoms with Gasteiger partial charge < -0.3 is 19.5 Å². The zero-order valence-electron chi connectivity index (χ0n) is 22.2. The van der Waals surface area contributed by atoms with Gasteiger partial charge in [-0.2, -0.15) is 0 Å². The molecular formula is C33H39NO3. The number of aromatic hydroxyl groups is 1. The number of piperidine rings is 1. The lowest BCUT2D eigenvalue weighted by molar-refractivity contribution is -0.141. The molecule has 0 radical (unpaired) electrons. The number of anilines is 1. The van der Waals surface area contributed by atoms with Crippen molar-refractivity contribution in [3.63, 3.8) is 0 Å². The Labute approximate surface area is 221 Å². The maximum atomic E-state index is 10.2. The highest BCUT2D eigenvalue weighted by molar-refractivity contribution is 5.55. The fourth-order valence-electron chi connectivity index (χ4n) is 7.69. The third-order valence-electron chi connectivity index (χ3n) is 9.43. The predicted octanol–water partition coefficient (Wildman–Crippen LogP) is 6.58. The fourth-order valence-corrected chi connectivity index (χ4v) is 7.69. The summed E-state index contributed by atoms with van der Waals surface area (Å²) in [7, 11) is 3.48. The van der Waals surface area contributed by atoms with Gasteiger partial charge in [-0.05, 0) is 97.0 Å². The first-order chi connectivity index (χ1) is 18.1. The first-order valence-electron chi connectivity index (χ1n) is 13.9. The second-order valence-electron chi connectivity index (χ2n) is 11.2. The predicted molar refractivity (Wildman–Crippen MR) is 149 cm³/mol. The minimum Gasteiger partial charge on any atom is -0.508 e. The molecule has 1 N–H and O–H groups in total. The Balaban J connectivity index is 1.33. The van der Waals surface area contributed by atoms with Gasteiger partial charge in [0, 0.05) is 50.2 Å². The summed E-state index contributed by atoms with van der Waals surface area (Å²) in [5, 5.41) is 10.2. The molecule has 3 aromatic rings. The van der Waals surface area contributed by atoms with Gasteiger partial charge in [0.2, 0.25) is 0 Å². The SMILES string of the molecule is COC(OC)C1CCN(c2ccc([C@H]3c4ccc(O)cc4CC[C@@]34CCCc3ccccc34)cc2)CC1. The normalized spacial score (nSPS) is 23.8. The van der Waals surface area contributed by atoms with Crippen LogP contribution in [0.2, 0.25) is 0 Å². The standard InChI is InChI=1S/C33H39NO3/c1-36-32(37-2)25-16-20-34(21-17-25)27-11-9-24(10-12-27)31-29-14-13-28(35)22-26(29)15-19-33(31)18-5-7-23-6-3-4-8-30(23)33/h3-4,6,8-14,22,25,31-32,35H,5,7,15-21H2,1-2H3/t31-,33+/m0/s1. The van der Waals surface area contributed by atoms with Crippen LogP contribution in [0.25, 0.3) is 0 Å². The van der Waals surface area contributed by atoms with Crippen molar-refractivity contribution >= 4 is 5.69 Å². The third-order valence-corrected chi connectivity index (χ3v) is 9.43. The summed E-state index contributed by atoms with van der Waals surface area (Å²) >= 11 is 0. The van der Waals surface area contributed by atoms with Gasteiger partial charge in [0.15, 0.2) is 6.29 Å². The van der Waals surface area contributed by atoms with E-state index in [1.165, 1.54) is 47.2 Å². The second-order valence-corrected chi connectivity index (χ2v) is 11.2. The average molecular weight is 498 g/mol. The van der Waals surface area contributed by atoms with Gasteiger partial charge in [0.1, 0.15) is 5.75 Å². The van der Waals surface area contributed by atoms with Crippen molar-refractivity contribution in [2.75, 3.05) is 32.2 Å². The highest BCUT2D eigenvalue weighted by atomic mass is 16.7. The molecule has 3 aliphatic rings. The van der Waals surface area contributed by atoms with E-state index in [9.17, 15) is 5.11 Å². The highest BCUT2D eigenvalue weighted by Crippen LogP contribution is 2.56. The fraction of sp³-hybridized carbons (Fsp3) is 0.455. The number of rotatable bonds is 5. The van der Waals surface area contributed by atoms with Gasteiger partial charge in [-0.25, -0.2) is 0 Å². The van der Waals surface area contributed by atoms with E-state index in [2.05, 4.69) is 59.5 Å². The molecule has 0 amide bonds. The minimum absolute atomic E-state index is 0.105. The van der Waals surface area contributed by atoms with E-state index in [-0.39, 0.29) is 11.7 Å². The third kappa shape index (κ3) is 4.34. The number of aryl methyl sites for hydroxylation is 2. The molecule has 3 aromatic carbocycles. The quantitative estimate of drug-likeness (QED) is 0.404. The van der Waals surface area contributed by atoms with Gasteiger partial charge in [-0.1, -0.05) is 42.5 Å². The maximum absolute atomic E-state index is 10.2. The van der Waals surface area contributed by atoms with Crippen LogP contribution < -0.4 is 4.90 Å². The lowest BCUT2D eigenvalue weighted by Crippen LogP contribution is -2.41. The van der Waals surface area contributed by atoms with Crippen LogP contribution >= 0.6 is 0 Å². The summed E-state index contributed by atoms with van der Waals surface area (Å²) < 4.78 is 11.0. The van der Waals surface area contributed by atoms with E-state index in [0.29, 0.717) is 17.6 Å². The van der Waals surface area contributed by atoms with Gasteiger partial charge in [0.25, 0.3) is 0 Å². The van der Waals surface area contributed by atoms with E-state index in [1.807, 2.05) is 12.1 Å². The van der Waals surface area contributed by atoms with Crippen molar-refractivity contribution < 1.29 is 14.6 Å². The molecule has 1 heterocycles. The Bertz CT molecular complexity index is 1230. The van der Waals surface area contributed by atoms with Gasteiger partial charge in [-0.15, -0.1) is 0 Å². The van der Waals surface area contributed by atoms with Crippen molar-refractivity contribution in [3.05, 3.63) is 94.5 Å². The zero-order valence-corrected chi connectivity index (χ0v) is 22.2. The minimum atomic E-state index is -0.107. The first kappa shape index (κ1) is 24.5. The Morgan fingerprint density at radius 1 is 0.865 bits per heavy atom. The summed E-state index contributed by atoms with van der Waals surface area (Å²) in [6.07, 6.45) is 7.81. The number of phenolic OH excluding ortho intramolecular Hbond substituents is 1. The molecule has 37 heavy (non-hydrogen) atoms. The van der Waals surface area contributed by atoms with Crippen LogP contribution in [0.3, 0.4) is 0 Å². The number of hydrogen-bond acceptors (Lipinski definition) is 4. The number of hydrogen-bond donors (Lipinski definition) is 1. The van der Waals surface area contributed by atoms with Crippen molar-refractivity contribution in [3.8, 4) is 5.75 Å². The maximum Gasteiger partial charge on any atom is 0.159 e. The van der Waals surface area contributed by atoms with Crippen molar-refractivity contribution in [2.45, 2.75) is 62.6 Å². The number of ether oxygens (including phenoxy) is 2. The molecule has 2 aliphatic carbocycles. The molecule has 4 heteroatoms. The van der Waals surface area contributed by atoms with Crippen LogP contribution in [0.1, 0.15) is 65.8 Å². The van der Waals surface area contributed by atoms with E-state index in [4.69, 9.17) is 9.47 Å². The van der Waals surface area contributed by atoms with Gasteiger partial charge in [-0.3, -0.25) is 0 Å². The summed E-state index contributed by atoms with van der Waals surface area (Å²) in [6, 6.07) is 24.6. The van der Waals surface area contributed by atoms with E-state index in [1.54, 1.807) is 19.8 Å². The lowest BCUT2D eigenvalue weighted by atomic mass is 9.54. The molecule has 0 bridgehead atoms. The monoisotopic (exact) mass is 497 g/mol. The summed E-state index contributed by atoms with van der Waals surface area (Å²) in [4.78, 5) is 2.50. The van der Waals surface area contributed by atoms with E-state index >= 15 is 0 Å². The lowest BCUT2D eigenvalue weighted by Gasteiger charge is -2.49. The second kappa shape index (κ2) is 10.2. The number of benzene rings is 3. The molecule has 4 nitrogen and oxygen atoms in total. The molecule has 2 atom stereocenters. The molecule has 1 saturated heterocycles. The Kier molecular flexibility index (Phi) is 6.73. The van der Waals surface area contributed by atoms with E-state index in [0.717, 1.165) is 38.8 Å². The van der Waals surface area contributed by atoms with E-state index < -0.39 is 0 Å². The Morgan fingerprint density at radius 3 is 2.38 bits per heavy atom. The van der Waals surface area contributed by atoms with Crippen molar-refractivity contribution in [2.24, 2.45) is 5.92 Å². The zero-order chi connectivity index (χ0) is 25.4. The van der Waals surface area contributed by atoms with Gasteiger partial charge in [0.05, 0.1) is 0 Å². The van der Waals surface area contributed by atoms with Crippen LogP contribution in [0, 0.1) is 5.92 Å². The van der Waals surface area contributed by atoms with Gasteiger partial charge >= 0.3 is 0 Å². The molecule has 1 spiro atoms. The Morgan fingerprint density at radius 2 is 1.62 bits per heavy atom. The molecule has 1 aliphatic heterocycles. The molecular weight excluding hydrogens is 458 g/mol. The van der Waals surface area contributed by atoms with Crippen molar-refractivity contribution in [1.29, 1.82) is 0 Å². The first-order valence-corrected chi connectivity index (χ1v) is 13.9.